The summed E-state index contributed by atoms with van der Waals surface area (Å²) in [5.74, 6) is 1.17. The first-order chi connectivity index (χ1) is 11.0. The fourth-order valence-corrected chi connectivity index (χ4v) is 2.92. The molecule has 1 aliphatic rings. The number of rotatable bonds is 5. The van der Waals surface area contributed by atoms with Gasteiger partial charge in [-0.1, -0.05) is 19.1 Å². The fourth-order valence-electron chi connectivity index (χ4n) is 2.92. The van der Waals surface area contributed by atoms with Crippen LogP contribution in [0.2, 0.25) is 0 Å². The molecule has 0 bridgehead atoms. The molecule has 1 saturated heterocycles. The van der Waals surface area contributed by atoms with Crippen LogP contribution in [-0.2, 0) is 6.54 Å². The fraction of sp³-hybridized carbons (Fsp3) is 0.611. The molecule has 23 heavy (non-hydrogen) atoms. The van der Waals surface area contributed by atoms with Gasteiger partial charge in [-0.05, 0) is 44.4 Å². The number of likely N-dealkylation sites (tertiary alicyclic amines) is 1. The van der Waals surface area contributed by atoms with Crippen molar-refractivity contribution in [3.05, 3.63) is 35.6 Å². The third-order valence-corrected chi connectivity index (χ3v) is 4.35. The van der Waals surface area contributed by atoms with E-state index in [1.165, 1.54) is 12.1 Å². The molecule has 1 aromatic carbocycles. The second-order valence-corrected chi connectivity index (χ2v) is 6.60. The van der Waals surface area contributed by atoms with Gasteiger partial charge in [0.25, 0.3) is 0 Å². The van der Waals surface area contributed by atoms with Gasteiger partial charge in [0.1, 0.15) is 5.82 Å². The van der Waals surface area contributed by atoms with Gasteiger partial charge in [-0.2, -0.15) is 0 Å². The van der Waals surface area contributed by atoms with Gasteiger partial charge in [-0.25, -0.2) is 9.38 Å². The van der Waals surface area contributed by atoms with Crippen LogP contribution < -0.4 is 10.6 Å². The molecule has 0 saturated carbocycles. The van der Waals surface area contributed by atoms with Crippen LogP contribution in [0, 0.1) is 11.7 Å². The highest BCUT2D eigenvalue weighted by Crippen LogP contribution is 2.18. The topological polar surface area (TPSA) is 39.7 Å². The average Bonchev–Trinajstić information content (AvgIpc) is 2.86. The summed E-state index contributed by atoms with van der Waals surface area (Å²) in [7, 11) is 0. The van der Waals surface area contributed by atoms with Gasteiger partial charge in [-0.3, -0.25) is 4.90 Å². The van der Waals surface area contributed by atoms with Gasteiger partial charge in [0.05, 0.1) is 6.54 Å². The van der Waals surface area contributed by atoms with Gasteiger partial charge < -0.3 is 10.6 Å². The minimum Gasteiger partial charge on any atom is -0.357 e. The standard InChI is InChI=1S/C18H29FN4/c1-5-20-18(21-10-15-7-6-8-16(19)9-15)22-17-12-23(13(2)3)11-14(17)4/h6-9,13-14,17H,5,10-12H2,1-4H3,(H2,20,21,22). The molecule has 4 nitrogen and oxygen atoms in total. The van der Waals surface area contributed by atoms with E-state index < -0.39 is 0 Å². The first kappa shape index (κ1) is 17.7. The van der Waals surface area contributed by atoms with E-state index >= 15 is 0 Å². The summed E-state index contributed by atoms with van der Waals surface area (Å²) in [4.78, 5) is 7.09. The number of aliphatic imine (C=N–C) groups is 1. The zero-order valence-corrected chi connectivity index (χ0v) is 14.6. The van der Waals surface area contributed by atoms with Gasteiger partial charge in [0.2, 0.25) is 0 Å². The van der Waals surface area contributed by atoms with Gasteiger partial charge in [0.15, 0.2) is 5.96 Å². The Morgan fingerprint density at radius 1 is 1.39 bits per heavy atom. The maximum Gasteiger partial charge on any atom is 0.191 e. The Labute approximate surface area is 139 Å². The number of nitrogens with zero attached hydrogens (tertiary/aromatic N) is 2. The van der Waals surface area contributed by atoms with Crippen molar-refractivity contribution in [1.29, 1.82) is 0 Å². The quantitative estimate of drug-likeness (QED) is 0.647. The second kappa shape index (κ2) is 8.29. The Hall–Kier alpha value is -1.62. The predicted octanol–water partition coefficient (Wildman–Crippen LogP) is 2.61. The molecule has 0 aromatic heterocycles. The first-order valence-corrected chi connectivity index (χ1v) is 8.53. The largest absolute Gasteiger partial charge is 0.357 e. The molecule has 5 heteroatoms. The molecule has 2 atom stereocenters. The number of hydrogen-bond donors (Lipinski definition) is 2. The summed E-state index contributed by atoms with van der Waals surface area (Å²) >= 11 is 0. The number of guanidine groups is 1. The molecule has 1 aliphatic heterocycles. The molecule has 1 fully saturated rings. The SMILES string of the molecule is CCNC(=NCc1cccc(F)c1)NC1CN(C(C)C)CC1C. The maximum absolute atomic E-state index is 13.3. The number of halogens is 1. The first-order valence-electron chi connectivity index (χ1n) is 8.53. The highest BCUT2D eigenvalue weighted by molar-refractivity contribution is 5.80. The van der Waals surface area contributed by atoms with Crippen LogP contribution in [0.25, 0.3) is 0 Å². The Kier molecular flexibility index (Phi) is 6.39. The van der Waals surface area contributed by atoms with Crippen molar-refractivity contribution >= 4 is 5.96 Å². The van der Waals surface area contributed by atoms with E-state index in [2.05, 4.69) is 48.2 Å². The minimum absolute atomic E-state index is 0.215. The van der Waals surface area contributed by atoms with Crippen molar-refractivity contribution in [3.63, 3.8) is 0 Å². The molecular weight excluding hydrogens is 291 g/mol. The predicted molar refractivity (Wildman–Crippen MR) is 94.0 cm³/mol. The van der Waals surface area contributed by atoms with Crippen molar-refractivity contribution in [1.82, 2.24) is 15.5 Å². The molecule has 0 radical (unpaired) electrons. The van der Waals surface area contributed by atoms with Crippen LogP contribution in [0.1, 0.15) is 33.3 Å². The monoisotopic (exact) mass is 320 g/mol. The normalized spacial score (nSPS) is 22.6. The van der Waals surface area contributed by atoms with Crippen LogP contribution in [-0.4, -0.2) is 42.6 Å². The van der Waals surface area contributed by atoms with E-state index in [4.69, 9.17) is 0 Å². The molecule has 2 rings (SSSR count). The number of hydrogen-bond acceptors (Lipinski definition) is 2. The third-order valence-electron chi connectivity index (χ3n) is 4.35. The maximum atomic E-state index is 13.3. The van der Waals surface area contributed by atoms with Crippen molar-refractivity contribution in [2.24, 2.45) is 10.9 Å². The lowest BCUT2D eigenvalue weighted by atomic mass is 10.1. The van der Waals surface area contributed by atoms with E-state index in [9.17, 15) is 4.39 Å². The lowest BCUT2D eigenvalue weighted by Gasteiger charge is -2.22. The second-order valence-electron chi connectivity index (χ2n) is 6.60. The van der Waals surface area contributed by atoms with Crippen LogP contribution in [0.3, 0.4) is 0 Å². The van der Waals surface area contributed by atoms with Gasteiger partial charge in [0, 0.05) is 31.7 Å². The van der Waals surface area contributed by atoms with E-state index in [-0.39, 0.29) is 5.82 Å². The lowest BCUT2D eigenvalue weighted by molar-refractivity contribution is 0.265. The highest BCUT2D eigenvalue weighted by Gasteiger charge is 2.31. The molecule has 2 N–H and O–H groups in total. The smallest absolute Gasteiger partial charge is 0.191 e. The molecule has 0 spiro atoms. The Bertz CT molecular complexity index is 530. The molecule has 2 unspecified atom stereocenters. The molecule has 128 valence electrons. The highest BCUT2D eigenvalue weighted by atomic mass is 19.1. The van der Waals surface area contributed by atoms with E-state index in [1.54, 1.807) is 6.07 Å². The summed E-state index contributed by atoms with van der Waals surface area (Å²) in [5.41, 5.74) is 0.880. The van der Waals surface area contributed by atoms with Crippen LogP contribution in [0.5, 0.6) is 0 Å². The van der Waals surface area contributed by atoms with Crippen molar-refractivity contribution in [2.45, 2.75) is 46.3 Å². The van der Waals surface area contributed by atoms with Crippen molar-refractivity contribution in [3.8, 4) is 0 Å². The van der Waals surface area contributed by atoms with Gasteiger partial charge >= 0.3 is 0 Å². The van der Waals surface area contributed by atoms with Crippen LogP contribution in [0.4, 0.5) is 4.39 Å². The molecule has 1 aromatic rings. The zero-order valence-electron chi connectivity index (χ0n) is 14.6. The summed E-state index contributed by atoms with van der Waals surface area (Å²) in [5, 5.41) is 6.83. The van der Waals surface area contributed by atoms with Gasteiger partial charge in [-0.15, -0.1) is 0 Å². The zero-order chi connectivity index (χ0) is 16.8. The summed E-state index contributed by atoms with van der Waals surface area (Å²) in [6.45, 7) is 12.2. The van der Waals surface area contributed by atoms with Crippen LogP contribution in [0.15, 0.2) is 29.3 Å². The Morgan fingerprint density at radius 3 is 2.78 bits per heavy atom. The molecule has 0 aliphatic carbocycles. The molecule has 0 amide bonds. The van der Waals surface area contributed by atoms with Crippen molar-refractivity contribution < 1.29 is 4.39 Å². The Balaban J connectivity index is 1.99. The summed E-state index contributed by atoms with van der Waals surface area (Å²) in [6, 6.07) is 7.57. The number of nitrogens with one attached hydrogen (secondary N) is 2. The van der Waals surface area contributed by atoms with E-state index in [1.807, 2.05) is 6.07 Å². The van der Waals surface area contributed by atoms with Crippen molar-refractivity contribution in [2.75, 3.05) is 19.6 Å². The van der Waals surface area contributed by atoms with E-state index in [0.29, 0.717) is 24.5 Å². The third kappa shape index (κ3) is 5.20. The number of benzene rings is 1. The minimum atomic E-state index is -0.215. The summed E-state index contributed by atoms with van der Waals surface area (Å²) in [6.07, 6.45) is 0. The lowest BCUT2D eigenvalue weighted by Crippen LogP contribution is -2.46. The summed E-state index contributed by atoms with van der Waals surface area (Å²) < 4.78 is 13.3. The van der Waals surface area contributed by atoms with E-state index in [0.717, 1.165) is 31.2 Å². The molecular formula is C18H29FN4. The van der Waals surface area contributed by atoms with Crippen LogP contribution >= 0.6 is 0 Å². The average molecular weight is 320 g/mol. The molecule has 1 heterocycles. The Morgan fingerprint density at radius 2 is 2.17 bits per heavy atom.